The maximum absolute atomic E-state index is 12.9. The van der Waals surface area contributed by atoms with Crippen LogP contribution in [-0.4, -0.2) is 28.4 Å². The molecule has 8 heteroatoms. The first-order valence-corrected chi connectivity index (χ1v) is 10.2. The minimum atomic E-state index is -0.259. The third-order valence-electron chi connectivity index (χ3n) is 3.53. The molecule has 0 saturated carbocycles. The summed E-state index contributed by atoms with van der Waals surface area (Å²) in [5.74, 6) is 0.276. The minimum Gasteiger partial charge on any atom is -0.469 e. The quantitative estimate of drug-likeness (QED) is 0.369. The molecule has 0 saturated heterocycles. The largest absolute Gasteiger partial charge is 0.469 e. The van der Waals surface area contributed by atoms with Crippen molar-refractivity contribution in [1.29, 1.82) is 0 Å². The predicted octanol–water partition coefficient (Wildman–Crippen LogP) is 3.86. The summed E-state index contributed by atoms with van der Waals surface area (Å²) < 4.78 is 6.32. The zero-order chi connectivity index (χ0) is 17.1. The lowest BCUT2D eigenvalue weighted by Crippen LogP contribution is -2.22. The number of ether oxygens (including phenoxy) is 1. The summed E-state index contributed by atoms with van der Waals surface area (Å²) in [7, 11) is 1.37. The van der Waals surface area contributed by atoms with Gasteiger partial charge in [-0.25, -0.2) is 4.98 Å². The van der Waals surface area contributed by atoms with Crippen molar-refractivity contribution in [3.63, 3.8) is 0 Å². The van der Waals surface area contributed by atoms with Crippen LogP contribution in [0.1, 0.15) is 13.3 Å². The van der Waals surface area contributed by atoms with Crippen LogP contribution in [0.2, 0.25) is 0 Å². The molecule has 3 aromatic rings. The Morgan fingerprint density at radius 1 is 1.42 bits per heavy atom. The number of methoxy groups -OCH3 is 1. The number of rotatable bonds is 6. The molecule has 0 aromatic carbocycles. The van der Waals surface area contributed by atoms with E-state index < -0.39 is 0 Å². The SMILES string of the molecule is CCn1c(SCCC(=O)OC)nc2scc(-c3cccs3)c2c1=O. The number of esters is 1. The first-order valence-electron chi connectivity index (χ1n) is 7.41. The molecule has 126 valence electrons. The minimum absolute atomic E-state index is 0.0206. The normalized spacial score (nSPS) is 11.1. The van der Waals surface area contributed by atoms with Gasteiger partial charge in [-0.3, -0.25) is 14.2 Å². The van der Waals surface area contributed by atoms with E-state index in [0.29, 0.717) is 29.3 Å². The molecule has 3 rings (SSSR count). The second-order valence-electron chi connectivity index (χ2n) is 4.93. The van der Waals surface area contributed by atoms with E-state index >= 15 is 0 Å². The highest BCUT2D eigenvalue weighted by atomic mass is 32.2. The molecular weight excluding hydrogens is 364 g/mol. The fourth-order valence-corrected chi connectivity index (χ4v) is 5.12. The highest BCUT2D eigenvalue weighted by molar-refractivity contribution is 7.99. The number of fused-ring (bicyclic) bond motifs is 1. The summed E-state index contributed by atoms with van der Waals surface area (Å²) in [6.45, 7) is 2.47. The first-order chi connectivity index (χ1) is 11.7. The lowest BCUT2D eigenvalue weighted by Gasteiger charge is -2.09. The van der Waals surface area contributed by atoms with Gasteiger partial charge in [-0.05, 0) is 18.4 Å². The van der Waals surface area contributed by atoms with Crippen molar-refractivity contribution in [3.8, 4) is 10.4 Å². The number of carbonyl (C=O) groups is 1. The molecule has 0 aliphatic rings. The summed E-state index contributed by atoms with van der Waals surface area (Å²) in [6, 6.07) is 3.99. The van der Waals surface area contributed by atoms with Crippen LogP contribution in [-0.2, 0) is 16.1 Å². The maximum Gasteiger partial charge on any atom is 0.306 e. The lowest BCUT2D eigenvalue weighted by molar-refractivity contribution is -0.140. The van der Waals surface area contributed by atoms with Crippen molar-refractivity contribution in [1.82, 2.24) is 9.55 Å². The number of hydrogen-bond acceptors (Lipinski definition) is 7. The number of aromatic nitrogens is 2. The average Bonchev–Trinajstić information content (AvgIpc) is 3.23. The standard InChI is InChI=1S/C16H16N2O3S3/c1-3-18-15(20)13-10(11-5-4-7-22-11)9-24-14(13)17-16(18)23-8-6-12(19)21-2/h4-5,7,9H,3,6,8H2,1-2H3. The molecule has 3 aromatic heterocycles. The number of hydrogen-bond donors (Lipinski definition) is 0. The third kappa shape index (κ3) is 3.26. The second kappa shape index (κ2) is 7.50. The highest BCUT2D eigenvalue weighted by Gasteiger charge is 2.17. The van der Waals surface area contributed by atoms with E-state index in [0.717, 1.165) is 15.3 Å². The average molecular weight is 381 g/mol. The van der Waals surface area contributed by atoms with Crippen LogP contribution in [0.15, 0.2) is 32.8 Å². The molecule has 5 nitrogen and oxygen atoms in total. The van der Waals surface area contributed by atoms with E-state index in [9.17, 15) is 9.59 Å². The van der Waals surface area contributed by atoms with Crippen molar-refractivity contribution >= 4 is 50.6 Å². The van der Waals surface area contributed by atoms with Crippen LogP contribution in [0.5, 0.6) is 0 Å². The van der Waals surface area contributed by atoms with E-state index in [-0.39, 0.29) is 11.5 Å². The maximum atomic E-state index is 12.9. The van der Waals surface area contributed by atoms with Crippen molar-refractivity contribution in [3.05, 3.63) is 33.2 Å². The zero-order valence-electron chi connectivity index (χ0n) is 13.3. The van der Waals surface area contributed by atoms with Crippen molar-refractivity contribution in [2.75, 3.05) is 12.9 Å². The summed E-state index contributed by atoms with van der Waals surface area (Å²) in [4.78, 5) is 30.7. The summed E-state index contributed by atoms with van der Waals surface area (Å²) in [5.41, 5.74) is 0.934. The Bertz CT molecular complexity index is 913. The van der Waals surface area contributed by atoms with Crippen molar-refractivity contribution in [2.45, 2.75) is 25.0 Å². The summed E-state index contributed by atoms with van der Waals surface area (Å²) in [5, 5.41) is 5.33. The summed E-state index contributed by atoms with van der Waals surface area (Å²) in [6.07, 6.45) is 0.295. The molecule has 0 aliphatic heterocycles. The van der Waals surface area contributed by atoms with Gasteiger partial charge in [-0.2, -0.15) is 0 Å². The Labute approximate surface area is 151 Å². The van der Waals surface area contributed by atoms with Gasteiger partial charge in [0.2, 0.25) is 0 Å². The van der Waals surface area contributed by atoms with Crippen LogP contribution in [0.25, 0.3) is 20.7 Å². The summed E-state index contributed by atoms with van der Waals surface area (Å²) >= 11 is 4.51. The Morgan fingerprint density at radius 2 is 2.25 bits per heavy atom. The fraction of sp³-hybridized carbons (Fsp3) is 0.312. The number of thiophene rings is 2. The Kier molecular flexibility index (Phi) is 5.37. The number of carbonyl (C=O) groups excluding carboxylic acids is 1. The van der Waals surface area contributed by atoms with Gasteiger partial charge in [-0.15, -0.1) is 22.7 Å². The lowest BCUT2D eigenvalue weighted by atomic mass is 10.2. The van der Waals surface area contributed by atoms with Crippen LogP contribution in [0.3, 0.4) is 0 Å². The Hall–Kier alpha value is -1.64. The molecule has 0 N–H and O–H groups in total. The van der Waals surface area contributed by atoms with E-state index in [4.69, 9.17) is 0 Å². The van der Waals surface area contributed by atoms with Gasteiger partial charge in [0, 0.05) is 28.1 Å². The topological polar surface area (TPSA) is 61.2 Å². The van der Waals surface area contributed by atoms with Crippen LogP contribution >= 0.6 is 34.4 Å². The fourth-order valence-electron chi connectivity index (χ4n) is 2.34. The van der Waals surface area contributed by atoms with Gasteiger partial charge in [0.15, 0.2) is 5.16 Å². The smallest absolute Gasteiger partial charge is 0.306 e. The highest BCUT2D eigenvalue weighted by Crippen LogP contribution is 2.34. The first kappa shape index (κ1) is 17.2. The molecule has 0 unspecified atom stereocenters. The number of nitrogens with zero attached hydrogens (tertiary/aromatic N) is 2. The molecule has 0 aliphatic carbocycles. The van der Waals surface area contributed by atoms with Gasteiger partial charge in [0.1, 0.15) is 4.83 Å². The molecule has 0 atom stereocenters. The van der Waals surface area contributed by atoms with Gasteiger partial charge in [0.25, 0.3) is 5.56 Å². The molecule has 0 radical (unpaired) electrons. The molecule has 24 heavy (non-hydrogen) atoms. The van der Waals surface area contributed by atoms with Crippen LogP contribution < -0.4 is 5.56 Å². The van der Waals surface area contributed by atoms with Crippen LogP contribution in [0, 0.1) is 0 Å². The predicted molar refractivity (Wildman–Crippen MR) is 100 cm³/mol. The van der Waals surface area contributed by atoms with E-state index in [1.807, 2.05) is 29.8 Å². The van der Waals surface area contributed by atoms with Crippen LogP contribution in [0.4, 0.5) is 0 Å². The number of thioether (sulfide) groups is 1. The molecule has 0 amide bonds. The van der Waals surface area contributed by atoms with Gasteiger partial charge >= 0.3 is 5.97 Å². The third-order valence-corrected chi connectivity index (χ3v) is 6.28. The van der Waals surface area contributed by atoms with Gasteiger partial charge < -0.3 is 4.74 Å². The molecule has 3 heterocycles. The Balaban J connectivity index is 2.00. The van der Waals surface area contributed by atoms with Gasteiger partial charge in [-0.1, -0.05) is 17.8 Å². The van der Waals surface area contributed by atoms with E-state index in [1.165, 1.54) is 30.2 Å². The van der Waals surface area contributed by atoms with E-state index in [1.54, 1.807) is 15.9 Å². The monoisotopic (exact) mass is 380 g/mol. The van der Waals surface area contributed by atoms with Crippen molar-refractivity contribution < 1.29 is 9.53 Å². The molecule has 0 spiro atoms. The molecule has 0 bridgehead atoms. The molecular formula is C16H16N2O3S3. The van der Waals surface area contributed by atoms with Crippen molar-refractivity contribution in [2.24, 2.45) is 0 Å². The Morgan fingerprint density at radius 3 is 2.92 bits per heavy atom. The second-order valence-corrected chi connectivity index (χ2v) is 7.79. The van der Waals surface area contributed by atoms with E-state index in [2.05, 4.69) is 9.72 Å². The zero-order valence-corrected chi connectivity index (χ0v) is 15.7. The van der Waals surface area contributed by atoms with Gasteiger partial charge in [0.05, 0.1) is 18.9 Å². The molecule has 0 fully saturated rings.